The molecule has 2 amide bonds. The summed E-state index contributed by atoms with van der Waals surface area (Å²) in [4.78, 5) is 11.8. The van der Waals surface area contributed by atoms with E-state index in [0.29, 0.717) is 17.2 Å². The van der Waals surface area contributed by atoms with E-state index in [-0.39, 0.29) is 0 Å². The summed E-state index contributed by atoms with van der Waals surface area (Å²) in [5.41, 5.74) is 3.04. The lowest BCUT2D eigenvalue weighted by Gasteiger charge is -2.09. The fourth-order valence-electron chi connectivity index (χ4n) is 2.27. The Labute approximate surface area is 148 Å². The molecular formula is C19H22N2O3S. The molecule has 25 heavy (non-hydrogen) atoms. The summed E-state index contributed by atoms with van der Waals surface area (Å²) in [7, 11) is -3.90. The van der Waals surface area contributed by atoms with Crippen molar-refractivity contribution < 1.29 is 13.2 Å². The van der Waals surface area contributed by atoms with Crippen molar-refractivity contribution in [1.29, 1.82) is 0 Å². The quantitative estimate of drug-likeness (QED) is 0.836. The topological polar surface area (TPSA) is 75.3 Å². The van der Waals surface area contributed by atoms with Gasteiger partial charge in [0.2, 0.25) is 0 Å². The molecule has 6 heteroatoms. The molecule has 0 aromatic heterocycles. The smallest absolute Gasteiger partial charge is 0.307 e. The number of benzene rings is 2. The van der Waals surface area contributed by atoms with Gasteiger partial charge in [-0.3, -0.25) is 0 Å². The molecule has 0 heterocycles. The van der Waals surface area contributed by atoms with E-state index in [1.54, 1.807) is 37.3 Å². The second-order valence-corrected chi connectivity index (χ2v) is 7.57. The predicted octanol–water partition coefficient (Wildman–Crippen LogP) is 4.32. The summed E-state index contributed by atoms with van der Waals surface area (Å²) in [6.07, 6.45) is 0. The minimum Gasteiger partial charge on any atom is -0.307 e. The summed E-state index contributed by atoms with van der Waals surface area (Å²) < 4.78 is 26.3. The summed E-state index contributed by atoms with van der Waals surface area (Å²) in [5.74, 6) is 0.408. The minimum atomic E-state index is -3.90. The average molecular weight is 358 g/mol. The lowest BCUT2D eigenvalue weighted by atomic mass is 10.00. The van der Waals surface area contributed by atoms with Crippen LogP contribution >= 0.6 is 0 Å². The largest absolute Gasteiger partial charge is 0.333 e. The van der Waals surface area contributed by atoms with Crippen LogP contribution in [0, 0.1) is 0 Å². The fraction of sp³-hybridized carbons (Fsp3) is 0.211. The second-order valence-electron chi connectivity index (χ2n) is 6.04. The highest BCUT2D eigenvalue weighted by Gasteiger charge is 2.13. The number of nitrogens with one attached hydrogen (secondary N) is 2. The molecule has 2 N–H and O–H groups in total. The maximum atomic E-state index is 12.1. The molecular weight excluding hydrogens is 336 g/mol. The zero-order valence-corrected chi connectivity index (χ0v) is 15.3. The number of rotatable bonds is 5. The van der Waals surface area contributed by atoms with Gasteiger partial charge < -0.3 is 5.32 Å². The van der Waals surface area contributed by atoms with E-state index in [2.05, 4.69) is 19.2 Å². The van der Waals surface area contributed by atoms with Crippen molar-refractivity contribution in [3.8, 4) is 0 Å². The molecule has 0 radical (unpaired) electrons. The van der Waals surface area contributed by atoms with Crippen molar-refractivity contribution in [3.63, 3.8) is 0 Å². The van der Waals surface area contributed by atoms with Gasteiger partial charge in [-0.05, 0) is 41.7 Å². The van der Waals surface area contributed by atoms with Crippen LogP contribution in [0.3, 0.4) is 0 Å². The van der Waals surface area contributed by atoms with Crippen molar-refractivity contribution in [2.75, 3.05) is 5.32 Å². The first-order valence-electron chi connectivity index (χ1n) is 7.94. The van der Waals surface area contributed by atoms with Gasteiger partial charge in [0.1, 0.15) is 0 Å². The lowest BCUT2D eigenvalue weighted by molar-refractivity contribution is 0.256. The van der Waals surface area contributed by atoms with Crippen molar-refractivity contribution in [1.82, 2.24) is 4.72 Å². The maximum absolute atomic E-state index is 12.1. The molecule has 0 aliphatic rings. The van der Waals surface area contributed by atoms with E-state index in [1.807, 2.05) is 29.0 Å². The highest BCUT2D eigenvalue weighted by atomic mass is 32.2. The summed E-state index contributed by atoms with van der Waals surface area (Å²) in [6, 6.07) is 15.5. The van der Waals surface area contributed by atoms with Crippen LogP contribution < -0.4 is 10.0 Å². The molecule has 0 aliphatic heterocycles. The number of para-hydroxylation sites is 1. The van der Waals surface area contributed by atoms with Crippen molar-refractivity contribution >= 4 is 27.3 Å². The van der Waals surface area contributed by atoms with E-state index in [9.17, 15) is 13.2 Å². The fourth-order valence-corrected chi connectivity index (χ4v) is 3.24. The van der Waals surface area contributed by atoms with Crippen LogP contribution in [0.4, 0.5) is 10.5 Å². The number of amides is 2. The Morgan fingerprint density at radius 3 is 2.16 bits per heavy atom. The molecule has 0 spiro atoms. The first kappa shape index (κ1) is 18.7. The second kappa shape index (κ2) is 7.98. The number of hydrogen-bond donors (Lipinski definition) is 2. The highest BCUT2D eigenvalue weighted by Crippen LogP contribution is 2.19. The molecule has 2 aromatic carbocycles. The number of anilines is 1. The number of carbonyl (C=O) groups excluding carboxylic acids is 1. The Balaban J connectivity index is 2.07. The molecule has 0 bridgehead atoms. The molecule has 132 valence electrons. The number of sulfonamides is 1. The maximum Gasteiger partial charge on any atom is 0.333 e. The SMILES string of the molecule is C/C(=C\S(=O)(=O)NC(=O)Nc1ccccc1)c1ccc(C(C)C)cc1. The van der Waals surface area contributed by atoms with Crippen molar-refractivity contribution in [2.45, 2.75) is 26.7 Å². The molecule has 5 nitrogen and oxygen atoms in total. The molecule has 0 fully saturated rings. The van der Waals surface area contributed by atoms with Crippen LogP contribution in [0.2, 0.25) is 0 Å². The predicted molar refractivity (Wildman–Crippen MR) is 102 cm³/mol. The lowest BCUT2D eigenvalue weighted by Crippen LogP contribution is -2.33. The van der Waals surface area contributed by atoms with Crippen molar-refractivity contribution in [3.05, 3.63) is 71.1 Å². The van der Waals surface area contributed by atoms with E-state index in [1.165, 1.54) is 5.56 Å². The Morgan fingerprint density at radius 2 is 1.60 bits per heavy atom. The third kappa shape index (κ3) is 5.76. The van der Waals surface area contributed by atoms with Crippen LogP contribution in [-0.4, -0.2) is 14.4 Å². The number of allylic oxidation sites excluding steroid dienone is 1. The van der Waals surface area contributed by atoms with E-state index in [0.717, 1.165) is 11.0 Å². The third-order valence-electron chi connectivity index (χ3n) is 3.63. The number of carbonyl (C=O) groups is 1. The van der Waals surface area contributed by atoms with E-state index in [4.69, 9.17) is 0 Å². The van der Waals surface area contributed by atoms with E-state index >= 15 is 0 Å². The zero-order valence-electron chi connectivity index (χ0n) is 14.5. The monoisotopic (exact) mass is 358 g/mol. The van der Waals surface area contributed by atoms with Crippen LogP contribution in [0.1, 0.15) is 37.8 Å². The molecule has 0 saturated carbocycles. The number of hydrogen-bond acceptors (Lipinski definition) is 3. The van der Waals surface area contributed by atoms with Crippen LogP contribution in [-0.2, 0) is 10.0 Å². The van der Waals surface area contributed by atoms with Crippen LogP contribution in [0.5, 0.6) is 0 Å². The van der Waals surface area contributed by atoms with E-state index < -0.39 is 16.1 Å². The molecule has 2 aromatic rings. The van der Waals surface area contributed by atoms with Gasteiger partial charge in [-0.2, -0.15) is 0 Å². The molecule has 2 rings (SSSR count). The number of urea groups is 1. The normalized spacial score (nSPS) is 12.1. The van der Waals surface area contributed by atoms with Gasteiger partial charge in [0.25, 0.3) is 10.0 Å². The van der Waals surface area contributed by atoms with Gasteiger partial charge >= 0.3 is 6.03 Å². The first-order chi connectivity index (χ1) is 11.8. The third-order valence-corrected chi connectivity index (χ3v) is 4.77. The minimum absolute atomic E-state index is 0.408. The molecule has 0 atom stereocenters. The van der Waals surface area contributed by atoms with Gasteiger partial charge in [0.15, 0.2) is 0 Å². The Bertz CT molecular complexity index is 855. The Hall–Kier alpha value is -2.60. The molecule has 0 unspecified atom stereocenters. The van der Waals surface area contributed by atoms with Crippen molar-refractivity contribution in [2.24, 2.45) is 0 Å². The van der Waals surface area contributed by atoms with Gasteiger partial charge in [-0.1, -0.05) is 56.3 Å². The van der Waals surface area contributed by atoms with Crippen LogP contribution in [0.25, 0.3) is 5.57 Å². The average Bonchev–Trinajstić information content (AvgIpc) is 2.54. The zero-order chi connectivity index (χ0) is 18.4. The first-order valence-corrected chi connectivity index (χ1v) is 9.49. The van der Waals surface area contributed by atoms with Crippen LogP contribution in [0.15, 0.2) is 60.0 Å². The summed E-state index contributed by atoms with van der Waals surface area (Å²) in [6.45, 7) is 5.88. The summed E-state index contributed by atoms with van der Waals surface area (Å²) in [5, 5.41) is 3.53. The molecule has 0 saturated heterocycles. The van der Waals surface area contributed by atoms with Gasteiger partial charge in [-0.15, -0.1) is 0 Å². The Morgan fingerprint density at radius 1 is 1.00 bits per heavy atom. The Kier molecular flexibility index (Phi) is 5.98. The standard InChI is InChI=1S/C19H22N2O3S/c1-14(2)16-9-11-17(12-10-16)15(3)13-25(23,24)21-19(22)20-18-7-5-4-6-8-18/h4-14H,1-3H3,(H2,20,21,22)/b15-13+. The van der Waals surface area contributed by atoms with Gasteiger partial charge in [0, 0.05) is 5.69 Å². The van der Waals surface area contributed by atoms with Gasteiger partial charge in [-0.25, -0.2) is 17.9 Å². The summed E-state index contributed by atoms with van der Waals surface area (Å²) >= 11 is 0. The van der Waals surface area contributed by atoms with Gasteiger partial charge in [0.05, 0.1) is 5.41 Å². The molecule has 0 aliphatic carbocycles. The highest BCUT2D eigenvalue weighted by molar-refractivity contribution is 7.93.